The van der Waals surface area contributed by atoms with E-state index < -0.39 is 0 Å². The number of rotatable bonds is 3. The predicted molar refractivity (Wildman–Crippen MR) is 59.2 cm³/mol. The van der Waals surface area contributed by atoms with Crippen molar-refractivity contribution in [2.75, 3.05) is 26.2 Å². The summed E-state index contributed by atoms with van der Waals surface area (Å²) in [4.78, 5) is 2.47. The van der Waals surface area contributed by atoms with Crippen LogP contribution in [0.2, 0.25) is 0 Å². The van der Waals surface area contributed by atoms with E-state index in [1.165, 1.54) is 32.5 Å². The third-order valence-electron chi connectivity index (χ3n) is 2.67. The van der Waals surface area contributed by atoms with Gasteiger partial charge in [0.15, 0.2) is 0 Å². The molecule has 0 bridgehead atoms. The van der Waals surface area contributed by atoms with E-state index in [0.717, 1.165) is 6.42 Å². The van der Waals surface area contributed by atoms with E-state index in [2.05, 4.69) is 30.6 Å². The molecule has 1 heterocycles. The Labute approximate surface area is 87.6 Å². The third kappa shape index (κ3) is 4.13. The highest BCUT2D eigenvalue weighted by molar-refractivity contribution is 4.98. The van der Waals surface area contributed by atoms with Gasteiger partial charge in [0.1, 0.15) is 6.61 Å². The number of piperidine rings is 1. The maximum Gasteiger partial charge on any atom is 0.108 e. The van der Waals surface area contributed by atoms with Crippen LogP contribution >= 0.6 is 0 Å². The van der Waals surface area contributed by atoms with Gasteiger partial charge in [-0.25, -0.2) is 0 Å². The van der Waals surface area contributed by atoms with E-state index >= 15 is 0 Å². The van der Waals surface area contributed by atoms with Crippen molar-refractivity contribution in [1.29, 1.82) is 0 Å². The number of likely N-dealkylation sites (tertiary alicyclic amines) is 1. The fraction of sp³-hybridized carbons (Fsp3) is 0.833. The molecular weight excluding hydrogens is 174 g/mol. The minimum atomic E-state index is 0.448. The summed E-state index contributed by atoms with van der Waals surface area (Å²) >= 11 is 0. The smallest absolute Gasteiger partial charge is 0.108 e. The number of hydrogen-bond acceptors (Lipinski definition) is 2. The lowest BCUT2D eigenvalue weighted by Gasteiger charge is -2.30. The van der Waals surface area contributed by atoms with Crippen LogP contribution in [0.3, 0.4) is 0 Å². The Balaban J connectivity index is 2.10. The maximum absolute atomic E-state index is 5.68. The lowest BCUT2D eigenvalue weighted by atomic mass is 10.1. The normalized spacial score (nSPS) is 19.0. The molecule has 1 aliphatic rings. The first-order chi connectivity index (χ1) is 6.86. The molecule has 0 aromatic carbocycles. The third-order valence-corrected chi connectivity index (χ3v) is 2.67. The number of ether oxygens (including phenoxy) is 1. The topological polar surface area (TPSA) is 12.5 Å². The average Bonchev–Trinajstić information content (AvgIpc) is 2.25. The van der Waals surface area contributed by atoms with Crippen LogP contribution in [0.1, 0.15) is 33.1 Å². The van der Waals surface area contributed by atoms with Gasteiger partial charge < -0.3 is 9.64 Å². The van der Waals surface area contributed by atoms with E-state index in [1.54, 1.807) is 0 Å². The molecule has 80 valence electrons. The van der Waals surface area contributed by atoms with Gasteiger partial charge in [-0.05, 0) is 19.4 Å². The van der Waals surface area contributed by atoms with Crippen molar-refractivity contribution < 1.29 is 4.74 Å². The quantitative estimate of drug-likeness (QED) is 0.638. The highest BCUT2D eigenvalue weighted by Crippen LogP contribution is 2.12. The Morgan fingerprint density at radius 1 is 1.21 bits per heavy atom. The lowest BCUT2D eigenvalue weighted by Crippen LogP contribution is -2.36. The molecule has 0 amide bonds. The SMILES string of the molecule is CCC#CCOC1CCN(CC)CC1. The van der Waals surface area contributed by atoms with E-state index in [9.17, 15) is 0 Å². The molecule has 14 heavy (non-hydrogen) atoms. The van der Waals surface area contributed by atoms with Crippen molar-refractivity contribution in [3.8, 4) is 11.8 Å². The van der Waals surface area contributed by atoms with Crippen molar-refractivity contribution >= 4 is 0 Å². The minimum Gasteiger partial charge on any atom is -0.365 e. The van der Waals surface area contributed by atoms with E-state index in [4.69, 9.17) is 4.74 Å². The van der Waals surface area contributed by atoms with Crippen LogP contribution in [0.5, 0.6) is 0 Å². The Bertz CT molecular complexity index is 196. The zero-order chi connectivity index (χ0) is 10.2. The zero-order valence-electron chi connectivity index (χ0n) is 9.38. The monoisotopic (exact) mass is 195 g/mol. The molecule has 0 N–H and O–H groups in total. The fourth-order valence-corrected chi connectivity index (χ4v) is 1.73. The van der Waals surface area contributed by atoms with Crippen LogP contribution in [-0.2, 0) is 4.74 Å². The van der Waals surface area contributed by atoms with E-state index in [-0.39, 0.29) is 0 Å². The Morgan fingerprint density at radius 2 is 1.93 bits per heavy atom. The van der Waals surface area contributed by atoms with Crippen LogP contribution in [0.15, 0.2) is 0 Å². The lowest BCUT2D eigenvalue weighted by molar-refractivity contribution is 0.0259. The van der Waals surface area contributed by atoms with Crippen LogP contribution in [0, 0.1) is 11.8 Å². The molecule has 1 rings (SSSR count). The summed E-state index contributed by atoms with van der Waals surface area (Å²) in [6, 6.07) is 0. The molecule has 0 saturated carbocycles. The number of hydrogen-bond donors (Lipinski definition) is 0. The highest BCUT2D eigenvalue weighted by Gasteiger charge is 2.17. The van der Waals surface area contributed by atoms with Crippen molar-refractivity contribution in [2.24, 2.45) is 0 Å². The van der Waals surface area contributed by atoms with Gasteiger partial charge in [-0.1, -0.05) is 19.8 Å². The Morgan fingerprint density at radius 3 is 2.50 bits per heavy atom. The first-order valence-electron chi connectivity index (χ1n) is 5.66. The first kappa shape index (κ1) is 11.6. The summed E-state index contributed by atoms with van der Waals surface area (Å²) in [5.74, 6) is 6.04. The van der Waals surface area contributed by atoms with Crippen LogP contribution in [-0.4, -0.2) is 37.2 Å². The molecule has 2 heteroatoms. The first-order valence-corrected chi connectivity index (χ1v) is 5.66. The predicted octanol–water partition coefficient (Wildman–Crippen LogP) is 1.90. The molecule has 1 fully saturated rings. The molecule has 0 spiro atoms. The molecular formula is C12H21NO. The zero-order valence-corrected chi connectivity index (χ0v) is 9.38. The summed E-state index contributed by atoms with van der Waals surface area (Å²) in [5, 5.41) is 0. The second-order valence-electron chi connectivity index (χ2n) is 3.65. The molecule has 0 unspecified atom stereocenters. The summed E-state index contributed by atoms with van der Waals surface area (Å²) in [5.41, 5.74) is 0. The van der Waals surface area contributed by atoms with Gasteiger partial charge in [-0.15, -0.1) is 5.92 Å². The second-order valence-corrected chi connectivity index (χ2v) is 3.65. The van der Waals surface area contributed by atoms with Crippen LogP contribution in [0.25, 0.3) is 0 Å². The molecule has 0 aliphatic carbocycles. The van der Waals surface area contributed by atoms with Gasteiger partial charge in [0.05, 0.1) is 6.10 Å². The van der Waals surface area contributed by atoms with Gasteiger partial charge in [0.25, 0.3) is 0 Å². The summed E-state index contributed by atoms with van der Waals surface area (Å²) < 4.78 is 5.68. The highest BCUT2D eigenvalue weighted by atomic mass is 16.5. The summed E-state index contributed by atoms with van der Waals surface area (Å²) in [7, 11) is 0. The van der Waals surface area contributed by atoms with Gasteiger partial charge in [-0.3, -0.25) is 0 Å². The van der Waals surface area contributed by atoms with Gasteiger partial charge in [-0.2, -0.15) is 0 Å². The van der Waals surface area contributed by atoms with Gasteiger partial charge in [0, 0.05) is 19.5 Å². The van der Waals surface area contributed by atoms with Crippen molar-refractivity contribution in [3.63, 3.8) is 0 Å². The van der Waals surface area contributed by atoms with Gasteiger partial charge in [0.2, 0.25) is 0 Å². The molecule has 0 aromatic rings. The standard InChI is InChI=1S/C12H21NO/c1-3-5-6-11-14-12-7-9-13(4-2)10-8-12/h12H,3-4,7-11H2,1-2H3. The largest absolute Gasteiger partial charge is 0.365 e. The number of nitrogens with zero attached hydrogens (tertiary/aromatic N) is 1. The average molecular weight is 195 g/mol. The minimum absolute atomic E-state index is 0.448. The van der Waals surface area contributed by atoms with Crippen molar-refractivity contribution in [2.45, 2.75) is 39.2 Å². The summed E-state index contributed by atoms with van der Waals surface area (Å²) in [6.07, 6.45) is 3.71. The van der Waals surface area contributed by atoms with Crippen LogP contribution < -0.4 is 0 Å². The van der Waals surface area contributed by atoms with Gasteiger partial charge >= 0.3 is 0 Å². The summed E-state index contributed by atoms with van der Waals surface area (Å²) in [6.45, 7) is 8.43. The van der Waals surface area contributed by atoms with E-state index in [0.29, 0.717) is 12.7 Å². The molecule has 0 atom stereocenters. The molecule has 1 saturated heterocycles. The van der Waals surface area contributed by atoms with Crippen molar-refractivity contribution in [1.82, 2.24) is 4.90 Å². The Hall–Kier alpha value is -0.520. The maximum atomic E-state index is 5.68. The fourth-order valence-electron chi connectivity index (χ4n) is 1.73. The van der Waals surface area contributed by atoms with E-state index in [1.807, 2.05) is 0 Å². The molecule has 0 radical (unpaired) electrons. The van der Waals surface area contributed by atoms with Crippen LogP contribution in [0.4, 0.5) is 0 Å². The second kappa shape index (κ2) is 6.86. The molecule has 1 aliphatic heterocycles. The molecule has 2 nitrogen and oxygen atoms in total. The Kier molecular flexibility index (Phi) is 5.66. The molecule has 0 aromatic heterocycles. The van der Waals surface area contributed by atoms with Crippen molar-refractivity contribution in [3.05, 3.63) is 0 Å².